The average Bonchev–Trinajstić information content (AvgIpc) is 3.23. The lowest BCUT2D eigenvalue weighted by molar-refractivity contribution is -0.140. The van der Waals surface area contributed by atoms with Gasteiger partial charge >= 0.3 is 6.18 Å². The van der Waals surface area contributed by atoms with Crippen molar-refractivity contribution in [2.45, 2.75) is 43.9 Å². The third-order valence-electron chi connectivity index (χ3n) is 5.76. The zero-order valence-electron chi connectivity index (χ0n) is 16.9. The minimum Gasteiger partial charge on any atom is -0.382 e. The van der Waals surface area contributed by atoms with Crippen LogP contribution in [0.15, 0.2) is 48.9 Å². The quantitative estimate of drug-likeness (QED) is 0.404. The highest BCUT2D eigenvalue weighted by Crippen LogP contribution is 2.35. The third-order valence-corrected chi connectivity index (χ3v) is 6.00. The molecule has 3 heterocycles. The van der Waals surface area contributed by atoms with Crippen molar-refractivity contribution in [3.63, 3.8) is 0 Å². The molecular weight excluding hydrogens is 441 g/mol. The van der Waals surface area contributed by atoms with Gasteiger partial charge in [0.25, 0.3) is 0 Å². The van der Waals surface area contributed by atoms with Crippen LogP contribution in [0.1, 0.15) is 31.4 Å². The summed E-state index contributed by atoms with van der Waals surface area (Å²) in [5.74, 6) is 0.746. The third kappa shape index (κ3) is 4.17. The van der Waals surface area contributed by atoms with Crippen LogP contribution in [-0.2, 0) is 6.18 Å². The second kappa shape index (κ2) is 8.12. The largest absolute Gasteiger partial charge is 0.433 e. The van der Waals surface area contributed by atoms with Crippen LogP contribution < -0.4 is 10.6 Å². The minimum atomic E-state index is -4.53. The molecule has 0 spiro atoms. The first-order chi connectivity index (χ1) is 15.4. The molecule has 0 bridgehead atoms. The Morgan fingerprint density at radius 3 is 2.66 bits per heavy atom. The number of halogens is 4. The summed E-state index contributed by atoms with van der Waals surface area (Å²) in [6.45, 7) is 0. The van der Waals surface area contributed by atoms with Gasteiger partial charge in [0.2, 0.25) is 0 Å². The van der Waals surface area contributed by atoms with Gasteiger partial charge in [-0.25, -0.2) is 14.5 Å². The summed E-state index contributed by atoms with van der Waals surface area (Å²) in [6, 6.07) is 7.80. The van der Waals surface area contributed by atoms with Crippen molar-refractivity contribution >= 4 is 39.5 Å². The molecule has 0 amide bonds. The molecule has 2 atom stereocenters. The zero-order chi connectivity index (χ0) is 22.3. The topological polar surface area (TPSA) is 67.1 Å². The van der Waals surface area contributed by atoms with Crippen LogP contribution in [-0.4, -0.2) is 31.7 Å². The molecule has 32 heavy (non-hydrogen) atoms. The number of fused-ring (bicyclic) bond motifs is 2. The molecule has 1 aliphatic carbocycles. The summed E-state index contributed by atoms with van der Waals surface area (Å²) in [7, 11) is 0. The highest BCUT2D eigenvalue weighted by Gasteiger charge is 2.34. The summed E-state index contributed by atoms with van der Waals surface area (Å²) in [6.07, 6.45) is 4.13. The lowest BCUT2D eigenvalue weighted by Gasteiger charge is -2.31. The molecule has 1 aromatic carbocycles. The molecule has 1 saturated carbocycles. The Balaban J connectivity index is 1.40. The van der Waals surface area contributed by atoms with E-state index in [0.29, 0.717) is 16.1 Å². The molecule has 0 saturated heterocycles. The maximum absolute atomic E-state index is 13.4. The van der Waals surface area contributed by atoms with Gasteiger partial charge in [0.15, 0.2) is 5.82 Å². The SMILES string of the molecule is FC(F)(F)c1cc(N[C@H]2CCC[C@@H](Nc3nccn4nccc34)C2)c2cc(Cl)ccc2n1. The van der Waals surface area contributed by atoms with Gasteiger partial charge in [0, 0.05) is 40.6 Å². The maximum atomic E-state index is 13.4. The van der Waals surface area contributed by atoms with Crippen molar-refractivity contribution in [2.24, 2.45) is 0 Å². The van der Waals surface area contributed by atoms with Crippen molar-refractivity contribution in [3.05, 3.63) is 59.6 Å². The first-order valence-corrected chi connectivity index (χ1v) is 10.7. The molecule has 10 heteroatoms. The monoisotopic (exact) mass is 460 g/mol. The van der Waals surface area contributed by atoms with Gasteiger partial charge in [-0.1, -0.05) is 11.6 Å². The van der Waals surface area contributed by atoms with Crippen LogP contribution in [0.5, 0.6) is 0 Å². The molecule has 0 radical (unpaired) electrons. The lowest BCUT2D eigenvalue weighted by atomic mass is 9.90. The molecule has 1 fully saturated rings. The fourth-order valence-corrected chi connectivity index (χ4v) is 4.47. The van der Waals surface area contributed by atoms with E-state index in [-0.39, 0.29) is 17.6 Å². The summed E-state index contributed by atoms with van der Waals surface area (Å²) < 4.78 is 42.0. The number of hydrogen-bond acceptors (Lipinski definition) is 5. The molecule has 1 aliphatic rings. The number of pyridine rings is 1. The van der Waals surface area contributed by atoms with Gasteiger partial charge in [-0.15, -0.1) is 0 Å². The highest BCUT2D eigenvalue weighted by molar-refractivity contribution is 6.31. The van der Waals surface area contributed by atoms with Crippen LogP contribution >= 0.6 is 11.6 Å². The second-order valence-corrected chi connectivity index (χ2v) is 8.44. The van der Waals surface area contributed by atoms with Crippen LogP contribution in [0.25, 0.3) is 16.4 Å². The molecule has 6 nitrogen and oxygen atoms in total. The van der Waals surface area contributed by atoms with E-state index in [2.05, 4.69) is 25.7 Å². The van der Waals surface area contributed by atoms with E-state index in [9.17, 15) is 13.2 Å². The van der Waals surface area contributed by atoms with E-state index in [1.54, 1.807) is 35.2 Å². The highest BCUT2D eigenvalue weighted by atomic mass is 35.5. The number of nitrogens with one attached hydrogen (secondary N) is 2. The summed E-state index contributed by atoms with van der Waals surface area (Å²) >= 11 is 6.11. The van der Waals surface area contributed by atoms with Crippen molar-refractivity contribution < 1.29 is 13.2 Å². The van der Waals surface area contributed by atoms with Crippen LogP contribution in [0.3, 0.4) is 0 Å². The molecule has 0 aliphatic heterocycles. The number of benzene rings is 1. The zero-order valence-corrected chi connectivity index (χ0v) is 17.7. The average molecular weight is 461 g/mol. The normalized spacial score (nSPS) is 19.4. The van der Waals surface area contributed by atoms with E-state index in [1.165, 1.54) is 6.07 Å². The van der Waals surface area contributed by atoms with Crippen molar-refractivity contribution in [3.8, 4) is 0 Å². The second-order valence-electron chi connectivity index (χ2n) is 8.00. The van der Waals surface area contributed by atoms with Gasteiger partial charge in [-0.05, 0) is 56.0 Å². The maximum Gasteiger partial charge on any atom is 0.433 e. The minimum absolute atomic E-state index is 0.00319. The number of aromatic nitrogens is 4. The predicted molar refractivity (Wildman–Crippen MR) is 118 cm³/mol. The Hall–Kier alpha value is -3.07. The molecule has 5 rings (SSSR count). The Bertz CT molecular complexity index is 1270. The van der Waals surface area contributed by atoms with Crippen molar-refractivity contribution in [1.29, 1.82) is 0 Å². The Morgan fingerprint density at radius 1 is 1.03 bits per heavy atom. The number of rotatable bonds is 4. The van der Waals surface area contributed by atoms with E-state index in [1.807, 2.05) is 6.07 Å². The van der Waals surface area contributed by atoms with Crippen LogP contribution in [0.2, 0.25) is 5.02 Å². The van der Waals surface area contributed by atoms with E-state index in [0.717, 1.165) is 43.1 Å². The molecule has 4 aromatic rings. The molecular formula is C22H20ClF3N6. The summed E-state index contributed by atoms with van der Waals surface area (Å²) in [5, 5.41) is 12.1. The van der Waals surface area contributed by atoms with Gasteiger partial charge < -0.3 is 10.6 Å². The van der Waals surface area contributed by atoms with Crippen LogP contribution in [0.4, 0.5) is 24.7 Å². The number of anilines is 2. The Labute approximate surface area is 186 Å². The lowest BCUT2D eigenvalue weighted by Crippen LogP contribution is -2.34. The molecule has 0 unspecified atom stereocenters. The number of hydrogen-bond donors (Lipinski definition) is 2. The first kappa shape index (κ1) is 20.8. The fraction of sp³-hybridized carbons (Fsp3) is 0.318. The first-order valence-electron chi connectivity index (χ1n) is 10.4. The smallest absolute Gasteiger partial charge is 0.382 e. The number of nitrogens with zero attached hydrogens (tertiary/aromatic N) is 4. The predicted octanol–water partition coefficient (Wildman–Crippen LogP) is 5.78. The Morgan fingerprint density at radius 2 is 1.84 bits per heavy atom. The summed E-state index contributed by atoms with van der Waals surface area (Å²) in [4.78, 5) is 8.21. The van der Waals surface area contributed by atoms with Gasteiger partial charge in [-0.3, -0.25) is 0 Å². The standard InChI is InChI=1S/C22H20ClF3N6/c23-13-4-5-17-16(10-13)18(12-20(31-17)22(24,25)26)29-14-2-1-3-15(11-14)30-21-19-6-7-28-32(19)9-8-27-21/h4-10,12,14-15H,1-3,11H2,(H,27,30)(H,29,31)/t14-,15+/m0/s1. The fourth-order valence-electron chi connectivity index (χ4n) is 4.30. The summed E-state index contributed by atoms with van der Waals surface area (Å²) in [5.41, 5.74) is 0.615. The van der Waals surface area contributed by atoms with Crippen LogP contribution in [0, 0.1) is 0 Å². The van der Waals surface area contributed by atoms with Gasteiger partial charge in [-0.2, -0.15) is 18.3 Å². The van der Waals surface area contributed by atoms with E-state index < -0.39 is 11.9 Å². The number of alkyl halides is 3. The molecule has 2 N–H and O–H groups in total. The van der Waals surface area contributed by atoms with E-state index in [4.69, 9.17) is 11.6 Å². The molecule has 3 aromatic heterocycles. The van der Waals surface area contributed by atoms with Crippen molar-refractivity contribution in [1.82, 2.24) is 19.6 Å². The van der Waals surface area contributed by atoms with Crippen molar-refractivity contribution in [2.75, 3.05) is 10.6 Å². The van der Waals surface area contributed by atoms with Gasteiger partial charge in [0.1, 0.15) is 11.2 Å². The van der Waals surface area contributed by atoms with Gasteiger partial charge in [0.05, 0.1) is 11.7 Å². The molecule has 166 valence electrons. The Kier molecular flexibility index (Phi) is 5.28. The van der Waals surface area contributed by atoms with E-state index >= 15 is 0 Å².